The molecular weight excluding hydrogens is 270 g/mol. The molecule has 0 saturated carbocycles. The van der Waals surface area contributed by atoms with Crippen LogP contribution in [-0.2, 0) is 0 Å². The average molecular weight is 285 g/mol. The largest absolute Gasteiger partial charge is 0.367 e. The molecule has 1 heterocycles. The highest BCUT2D eigenvalue weighted by atomic mass is 16.2. The van der Waals surface area contributed by atoms with Gasteiger partial charge in [0, 0.05) is 36.3 Å². The Bertz CT molecular complexity index is 722. The Morgan fingerprint density at radius 1 is 1.19 bits per heavy atom. The molecule has 6 nitrogen and oxygen atoms in total. The third-order valence-electron chi connectivity index (χ3n) is 2.79. The van der Waals surface area contributed by atoms with E-state index in [-0.39, 0.29) is 16.9 Å². The summed E-state index contributed by atoms with van der Waals surface area (Å²) in [5.74, 6) is -0.740. The van der Waals surface area contributed by atoms with Crippen LogP contribution in [0.15, 0.2) is 47.5 Å². The molecule has 1 aromatic heterocycles. The van der Waals surface area contributed by atoms with Crippen LogP contribution in [0.3, 0.4) is 0 Å². The lowest BCUT2D eigenvalue weighted by molar-refractivity contribution is 0.0954. The first-order valence-corrected chi connectivity index (χ1v) is 6.48. The highest BCUT2D eigenvalue weighted by molar-refractivity contribution is 6.04. The third kappa shape index (κ3) is 3.56. The molecule has 0 radical (unpaired) electrons. The summed E-state index contributed by atoms with van der Waals surface area (Å²) in [6, 6.07) is 7.79. The minimum absolute atomic E-state index is 0.0147. The lowest BCUT2D eigenvalue weighted by Crippen LogP contribution is -2.23. The molecular formula is C15H15N3O3. The molecule has 0 aliphatic heterocycles. The summed E-state index contributed by atoms with van der Waals surface area (Å²) in [7, 11) is 0. The lowest BCUT2D eigenvalue weighted by Gasteiger charge is -2.07. The maximum atomic E-state index is 12.0. The number of benzene rings is 1. The first kappa shape index (κ1) is 14.5. The molecule has 3 N–H and O–H groups in total. The molecule has 1 aromatic carbocycles. The van der Waals surface area contributed by atoms with E-state index in [4.69, 9.17) is 0 Å². The van der Waals surface area contributed by atoms with Crippen LogP contribution < -0.4 is 16.1 Å². The molecule has 0 unspecified atom stereocenters. The molecule has 0 bridgehead atoms. The van der Waals surface area contributed by atoms with Crippen LogP contribution in [-0.4, -0.2) is 23.3 Å². The van der Waals surface area contributed by atoms with Crippen LogP contribution >= 0.6 is 0 Å². The van der Waals surface area contributed by atoms with Gasteiger partial charge in [0.1, 0.15) is 5.56 Å². The minimum atomic E-state index is -0.523. The Balaban J connectivity index is 2.19. The molecule has 0 atom stereocenters. The first-order chi connectivity index (χ1) is 10.1. The van der Waals surface area contributed by atoms with Crippen molar-refractivity contribution < 1.29 is 9.59 Å². The van der Waals surface area contributed by atoms with E-state index in [2.05, 4.69) is 15.6 Å². The number of H-pyrrole nitrogens is 1. The van der Waals surface area contributed by atoms with Crippen molar-refractivity contribution in [2.24, 2.45) is 0 Å². The standard InChI is InChI=1S/C15H15N3O3/c1-2-17-14(20)10-4-3-5-11(8-10)18-15(21)12-9-16-7-6-13(12)19/h3-9H,2H2,1H3,(H,16,19)(H,17,20)(H,18,21). The van der Waals surface area contributed by atoms with Crippen molar-refractivity contribution in [3.63, 3.8) is 0 Å². The molecule has 2 aromatic rings. The van der Waals surface area contributed by atoms with Gasteiger partial charge in [-0.05, 0) is 25.1 Å². The van der Waals surface area contributed by atoms with E-state index in [0.717, 1.165) is 0 Å². The summed E-state index contributed by atoms with van der Waals surface area (Å²) in [5, 5.41) is 5.27. The van der Waals surface area contributed by atoms with Crippen LogP contribution in [0.1, 0.15) is 27.6 Å². The van der Waals surface area contributed by atoms with Gasteiger partial charge in [-0.15, -0.1) is 0 Å². The van der Waals surface area contributed by atoms with Gasteiger partial charge >= 0.3 is 0 Å². The SMILES string of the molecule is CCNC(=O)c1cccc(NC(=O)c2c[nH]ccc2=O)c1. The first-order valence-electron chi connectivity index (χ1n) is 6.48. The number of aromatic amines is 1. The van der Waals surface area contributed by atoms with Gasteiger partial charge in [-0.25, -0.2) is 0 Å². The fourth-order valence-electron chi connectivity index (χ4n) is 1.79. The summed E-state index contributed by atoms with van der Waals surface area (Å²) < 4.78 is 0. The van der Waals surface area contributed by atoms with Crippen molar-refractivity contribution in [3.8, 4) is 0 Å². The maximum absolute atomic E-state index is 12.0. The average Bonchev–Trinajstić information content (AvgIpc) is 2.48. The van der Waals surface area contributed by atoms with Crippen molar-refractivity contribution in [1.82, 2.24) is 10.3 Å². The molecule has 2 amide bonds. The second-order valence-electron chi connectivity index (χ2n) is 4.32. The normalized spacial score (nSPS) is 9.95. The van der Waals surface area contributed by atoms with E-state index < -0.39 is 5.91 Å². The van der Waals surface area contributed by atoms with Crippen molar-refractivity contribution in [2.45, 2.75) is 6.92 Å². The zero-order chi connectivity index (χ0) is 15.2. The highest BCUT2D eigenvalue weighted by Crippen LogP contribution is 2.11. The molecule has 2 rings (SSSR count). The summed E-state index contributed by atoms with van der Waals surface area (Å²) >= 11 is 0. The van der Waals surface area contributed by atoms with Gasteiger partial charge in [-0.2, -0.15) is 0 Å². The zero-order valence-corrected chi connectivity index (χ0v) is 11.5. The van der Waals surface area contributed by atoms with Crippen LogP contribution in [0.5, 0.6) is 0 Å². The Labute approximate surface area is 121 Å². The molecule has 0 spiro atoms. The number of rotatable bonds is 4. The van der Waals surface area contributed by atoms with E-state index >= 15 is 0 Å². The number of pyridine rings is 1. The van der Waals surface area contributed by atoms with E-state index in [1.54, 1.807) is 24.3 Å². The minimum Gasteiger partial charge on any atom is -0.367 e. The Hall–Kier alpha value is -2.89. The van der Waals surface area contributed by atoms with Gasteiger partial charge < -0.3 is 15.6 Å². The summed E-state index contributed by atoms with van der Waals surface area (Å²) in [4.78, 5) is 38.0. The molecule has 108 valence electrons. The third-order valence-corrected chi connectivity index (χ3v) is 2.79. The molecule has 6 heteroatoms. The number of hydrogen-bond donors (Lipinski definition) is 3. The predicted octanol–water partition coefficient (Wildman–Crippen LogP) is 1.38. The van der Waals surface area contributed by atoms with Gasteiger partial charge in [-0.3, -0.25) is 14.4 Å². The number of aromatic nitrogens is 1. The number of carbonyl (C=O) groups excluding carboxylic acids is 2. The van der Waals surface area contributed by atoms with E-state index in [0.29, 0.717) is 17.8 Å². The lowest BCUT2D eigenvalue weighted by atomic mass is 10.1. The van der Waals surface area contributed by atoms with Gasteiger partial charge in [0.05, 0.1) is 0 Å². The molecule has 0 saturated heterocycles. The zero-order valence-electron chi connectivity index (χ0n) is 11.5. The van der Waals surface area contributed by atoms with Gasteiger partial charge in [0.2, 0.25) is 0 Å². The second-order valence-corrected chi connectivity index (χ2v) is 4.32. The monoisotopic (exact) mass is 285 g/mol. The van der Waals surface area contributed by atoms with Gasteiger partial charge in [0.25, 0.3) is 11.8 Å². The van der Waals surface area contributed by atoms with Gasteiger partial charge in [0.15, 0.2) is 5.43 Å². The molecule has 0 aliphatic rings. The Morgan fingerprint density at radius 3 is 2.71 bits per heavy atom. The van der Waals surface area contributed by atoms with Crippen molar-refractivity contribution in [2.75, 3.05) is 11.9 Å². The van der Waals surface area contributed by atoms with Crippen molar-refractivity contribution in [3.05, 3.63) is 64.1 Å². The molecule has 0 fully saturated rings. The van der Waals surface area contributed by atoms with E-state index in [1.165, 1.54) is 18.5 Å². The van der Waals surface area contributed by atoms with Crippen molar-refractivity contribution in [1.29, 1.82) is 0 Å². The quantitative estimate of drug-likeness (QED) is 0.792. The topological polar surface area (TPSA) is 91.1 Å². The highest BCUT2D eigenvalue weighted by Gasteiger charge is 2.11. The van der Waals surface area contributed by atoms with Crippen LogP contribution in [0, 0.1) is 0 Å². The van der Waals surface area contributed by atoms with Crippen LogP contribution in [0.4, 0.5) is 5.69 Å². The van der Waals surface area contributed by atoms with Crippen LogP contribution in [0.25, 0.3) is 0 Å². The number of anilines is 1. The fourth-order valence-corrected chi connectivity index (χ4v) is 1.79. The Morgan fingerprint density at radius 2 is 2.00 bits per heavy atom. The molecule has 21 heavy (non-hydrogen) atoms. The molecule has 0 aliphatic carbocycles. The predicted molar refractivity (Wildman–Crippen MR) is 79.5 cm³/mol. The second kappa shape index (κ2) is 6.51. The number of hydrogen-bond acceptors (Lipinski definition) is 3. The fraction of sp³-hybridized carbons (Fsp3) is 0.133. The number of amides is 2. The van der Waals surface area contributed by atoms with Crippen LogP contribution in [0.2, 0.25) is 0 Å². The Kier molecular flexibility index (Phi) is 4.50. The summed E-state index contributed by atoms with van der Waals surface area (Å²) in [6.45, 7) is 2.35. The summed E-state index contributed by atoms with van der Waals surface area (Å²) in [5.41, 5.74) is 0.538. The number of nitrogens with one attached hydrogen (secondary N) is 3. The van der Waals surface area contributed by atoms with E-state index in [9.17, 15) is 14.4 Å². The van der Waals surface area contributed by atoms with Crippen molar-refractivity contribution >= 4 is 17.5 Å². The van der Waals surface area contributed by atoms with E-state index in [1.807, 2.05) is 6.92 Å². The summed E-state index contributed by atoms with van der Waals surface area (Å²) in [6.07, 6.45) is 2.79. The maximum Gasteiger partial charge on any atom is 0.261 e. The van der Waals surface area contributed by atoms with Gasteiger partial charge in [-0.1, -0.05) is 6.07 Å². The smallest absolute Gasteiger partial charge is 0.261 e. The number of carbonyl (C=O) groups is 2.